The van der Waals surface area contributed by atoms with E-state index in [9.17, 15) is 4.79 Å². The lowest BCUT2D eigenvalue weighted by Crippen LogP contribution is -2.18. The fourth-order valence-electron chi connectivity index (χ4n) is 2.08. The molecule has 0 bridgehead atoms. The van der Waals surface area contributed by atoms with E-state index in [1.807, 2.05) is 12.1 Å². The molecule has 3 rings (SSSR count). The molecule has 0 unspecified atom stereocenters. The van der Waals surface area contributed by atoms with Gasteiger partial charge < -0.3 is 5.73 Å². The van der Waals surface area contributed by atoms with Crippen LogP contribution in [0.5, 0.6) is 0 Å². The minimum Gasteiger partial charge on any atom is -0.351 e. The quantitative estimate of drug-likeness (QED) is 0.662. The highest BCUT2D eigenvalue weighted by Gasteiger charge is 2.13. The fraction of sp³-hybridized carbons (Fsp3) is 0. The van der Waals surface area contributed by atoms with Crippen molar-refractivity contribution in [2.24, 2.45) is 5.73 Å². The maximum atomic E-state index is 11.5. The monoisotopic (exact) mass is 245 g/mol. The van der Waals surface area contributed by atoms with E-state index < -0.39 is 6.03 Å². The number of aromatic nitrogens is 2. The first-order valence-corrected chi connectivity index (χ1v) is 5.40. The van der Waals surface area contributed by atoms with E-state index in [4.69, 9.17) is 17.3 Å². The molecule has 2 N–H and O–H groups in total. The van der Waals surface area contributed by atoms with Crippen LogP contribution in [0, 0.1) is 0 Å². The molecule has 0 spiro atoms. The summed E-state index contributed by atoms with van der Waals surface area (Å²) in [6.45, 7) is 0. The van der Waals surface area contributed by atoms with Gasteiger partial charge in [-0.25, -0.2) is 4.79 Å². The molecule has 4 nitrogen and oxygen atoms in total. The number of nitrogens with two attached hydrogens (primary N) is 1. The molecule has 0 aliphatic rings. The summed E-state index contributed by atoms with van der Waals surface area (Å²) in [6.07, 6.45) is 3.29. The number of rotatable bonds is 0. The van der Waals surface area contributed by atoms with Crippen LogP contribution in [0.2, 0.25) is 5.02 Å². The van der Waals surface area contributed by atoms with E-state index in [0.29, 0.717) is 10.5 Å². The van der Waals surface area contributed by atoms with Gasteiger partial charge in [-0.1, -0.05) is 11.6 Å². The van der Waals surface area contributed by atoms with Gasteiger partial charge in [0.2, 0.25) is 0 Å². The summed E-state index contributed by atoms with van der Waals surface area (Å²) < 4.78 is 1.44. The minimum absolute atomic E-state index is 0.527. The van der Waals surface area contributed by atoms with Gasteiger partial charge in [-0.3, -0.25) is 9.55 Å². The van der Waals surface area contributed by atoms with Crippen LogP contribution in [0.1, 0.15) is 0 Å². The molecule has 0 aliphatic carbocycles. The summed E-state index contributed by atoms with van der Waals surface area (Å²) in [7, 11) is 0. The summed E-state index contributed by atoms with van der Waals surface area (Å²) >= 11 is 5.97. The second kappa shape index (κ2) is 3.46. The van der Waals surface area contributed by atoms with Gasteiger partial charge in [0.25, 0.3) is 0 Å². The van der Waals surface area contributed by atoms with E-state index in [2.05, 4.69) is 4.98 Å². The summed E-state index contributed by atoms with van der Waals surface area (Å²) in [5.74, 6) is 0. The molecule has 84 valence electrons. The first-order valence-electron chi connectivity index (χ1n) is 5.02. The van der Waals surface area contributed by atoms with Gasteiger partial charge in [0, 0.05) is 22.0 Å². The van der Waals surface area contributed by atoms with Crippen molar-refractivity contribution in [1.29, 1.82) is 0 Å². The van der Waals surface area contributed by atoms with E-state index in [-0.39, 0.29) is 0 Å². The van der Waals surface area contributed by atoms with Gasteiger partial charge in [0.1, 0.15) is 0 Å². The van der Waals surface area contributed by atoms with E-state index in [0.717, 1.165) is 16.3 Å². The Bertz CT molecular complexity index is 748. The van der Waals surface area contributed by atoms with Gasteiger partial charge in [-0.2, -0.15) is 0 Å². The number of nitrogens with zero attached hydrogens (tertiary/aromatic N) is 2. The molecule has 1 aromatic carbocycles. The maximum Gasteiger partial charge on any atom is 0.323 e. The van der Waals surface area contributed by atoms with E-state index in [1.165, 1.54) is 4.57 Å². The summed E-state index contributed by atoms with van der Waals surface area (Å²) in [6, 6.07) is 6.64. The smallest absolute Gasteiger partial charge is 0.323 e. The number of carbonyl (C=O) groups excluding carboxylic acids is 1. The van der Waals surface area contributed by atoms with Gasteiger partial charge in [0.05, 0.1) is 17.2 Å². The average molecular weight is 246 g/mol. The molecule has 3 aromatic rings. The topological polar surface area (TPSA) is 60.9 Å². The van der Waals surface area contributed by atoms with Gasteiger partial charge >= 0.3 is 6.03 Å². The van der Waals surface area contributed by atoms with Crippen LogP contribution in [0.4, 0.5) is 4.79 Å². The number of amides is 1. The number of primary amides is 1. The lowest BCUT2D eigenvalue weighted by molar-refractivity contribution is 0.252. The van der Waals surface area contributed by atoms with Crippen molar-refractivity contribution in [3.05, 3.63) is 41.7 Å². The number of fused-ring (bicyclic) bond motifs is 3. The highest BCUT2D eigenvalue weighted by molar-refractivity contribution is 6.32. The van der Waals surface area contributed by atoms with Crippen LogP contribution < -0.4 is 5.73 Å². The lowest BCUT2D eigenvalue weighted by atomic mass is 10.2. The SMILES string of the molecule is NC(=O)n1c2ccc(Cl)cc2c2ccncc21. The summed E-state index contributed by atoms with van der Waals surface area (Å²) in [4.78, 5) is 15.5. The Balaban J connectivity index is 2.62. The Labute approximate surface area is 102 Å². The van der Waals surface area contributed by atoms with Crippen LogP contribution in [0.15, 0.2) is 36.7 Å². The molecule has 0 saturated carbocycles. The van der Waals surface area contributed by atoms with E-state index >= 15 is 0 Å². The van der Waals surface area contributed by atoms with Crippen molar-refractivity contribution < 1.29 is 4.79 Å². The molecule has 0 aliphatic heterocycles. The Hall–Kier alpha value is -2.07. The van der Waals surface area contributed by atoms with Gasteiger partial charge in [-0.15, -0.1) is 0 Å². The first-order chi connectivity index (χ1) is 8.18. The van der Waals surface area contributed by atoms with Crippen molar-refractivity contribution in [3.63, 3.8) is 0 Å². The summed E-state index contributed by atoms with van der Waals surface area (Å²) in [5, 5.41) is 2.43. The molecule has 0 atom stereocenters. The third-order valence-corrected chi connectivity index (χ3v) is 2.99. The van der Waals surface area contributed by atoms with Crippen LogP contribution >= 0.6 is 11.6 Å². The van der Waals surface area contributed by atoms with Crippen LogP contribution in [-0.2, 0) is 0 Å². The van der Waals surface area contributed by atoms with Gasteiger partial charge in [0.15, 0.2) is 0 Å². The molecule has 0 fully saturated rings. The zero-order chi connectivity index (χ0) is 12.0. The number of hydrogen-bond donors (Lipinski definition) is 1. The Morgan fingerprint density at radius 3 is 2.82 bits per heavy atom. The third kappa shape index (κ3) is 1.38. The molecule has 17 heavy (non-hydrogen) atoms. The van der Waals surface area contributed by atoms with Crippen LogP contribution in [0.3, 0.4) is 0 Å². The van der Waals surface area contributed by atoms with Crippen molar-refractivity contribution in [2.45, 2.75) is 0 Å². The van der Waals surface area contributed by atoms with E-state index in [1.54, 1.807) is 24.5 Å². The average Bonchev–Trinajstić information content (AvgIpc) is 2.63. The molecule has 0 radical (unpaired) electrons. The van der Waals surface area contributed by atoms with Crippen LogP contribution in [-0.4, -0.2) is 15.6 Å². The Kier molecular flexibility index (Phi) is 2.06. The standard InChI is InChI=1S/C12H8ClN3O/c13-7-1-2-10-9(5-7)8-3-4-15-6-11(8)16(10)12(14)17/h1-6H,(H2,14,17). The normalized spacial score (nSPS) is 11.1. The summed E-state index contributed by atoms with van der Waals surface area (Å²) in [5.41, 5.74) is 6.82. The second-order valence-electron chi connectivity index (χ2n) is 3.73. The van der Waals surface area contributed by atoms with Gasteiger partial charge in [-0.05, 0) is 24.3 Å². The number of carbonyl (C=O) groups is 1. The molecule has 2 aromatic heterocycles. The largest absolute Gasteiger partial charge is 0.351 e. The zero-order valence-electron chi connectivity index (χ0n) is 8.72. The Morgan fingerprint density at radius 2 is 2.06 bits per heavy atom. The predicted octanol–water partition coefficient (Wildman–Crippen LogP) is 2.77. The number of benzene rings is 1. The highest BCUT2D eigenvalue weighted by Crippen LogP contribution is 2.29. The first kappa shape index (κ1) is 10.1. The van der Waals surface area contributed by atoms with Crippen molar-refractivity contribution in [1.82, 2.24) is 9.55 Å². The number of pyridine rings is 1. The van der Waals surface area contributed by atoms with Crippen molar-refractivity contribution in [3.8, 4) is 0 Å². The highest BCUT2D eigenvalue weighted by atomic mass is 35.5. The van der Waals surface area contributed by atoms with Crippen LogP contribution in [0.25, 0.3) is 21.8 Å². The molecule has 0 saturated heterocycles. The zero-order valence-corrected chi connectivity index (χ0v) is 9.48. The molecule has 5 heteroatoms. The second-order valence-corrected chi connectivity index (χ2v) is 4.16. The molecular formula is C12H8ClN3O. The number of halogens is 1. The Morgan fingerprint density at radius 1 is 1.24 bits per heavy atom. The lowest BCUT2D eigenvalue weighted by Gasteiger charge is -1.99. The van der Waals surface area contributed by atoms with Crippen molar-refractivity contribution >= 4 is 39.4 Å². The minimum atomic E-state index is -0.527. The third-order valence-electron chi connectivity index (χ3n) is 2.75. The maximum absolute atomic E-state index is 11.5. The fourth-order valence-corrected chi connectivity index (χ4v) is 2.25. The predicted molar refractivity (Wildman–Crippen MR) is 67.2 cm³/mol. The number of hydrogen-bond acceptors (Lipinski definition) is 2. The molecule has 1 amide bonds. The molecular weight excluding hydrogens is 238 g/mol. The molecule has 2 heterocycles. The van der Waals surface area contributed by atoms with Crippen molar-refractivity contribution in [2.75, 3.05) is 0 Å².